The summed E-state index contributed by atoms with van der Waals surface area (Å²) < 4.78 is 5.58. The van der Waals surface area contributed by atoms with E-state index in [1.54, 1.807) is 0 Å². The first kappa shape index (κ1) is 12.0. The van der Waals surface area contributed by atoms with Crippen molar-refractivity contribution in [2.45, 2.75) is 45.3 Å². The van der Waals surface area contributed by atoms with Crippen LogP contribution in [-0.4, -0.2) is 22.8 Å². The molecule has 5 atom stereocenters. The molecule has 1 aliphatic heterocycles. The second-order valence-corrected chi connectivity index (χ2v) is 6.17. The molecule has 98 valence electrons. The van der Waals surface area contributed by atoms with Gasteiger partial charge in [-0.3, -0.25) is 4.79 Å². The average Bonchev–Trinajstić information content (AvgIpc) is 2.69. The molecule has 1 fully saturated rings. The first-order valence-electron chi connectivity index (χ1n) is 6.73. The zero-order valence-electron chi connectivity index (χ0n) is 11.1. The summed E-state index contributed by atoms with van der Waals surface area (Å²) in [4.78, 5) is 11.8. The Morgan fingerprint density at radius 1 is 1.50 bits per heavy atom. The molecular weight excluding hydrogens is 228 g/mol. The summed E-state index contributed by atoms with van der Waals surface area (Å²) in [7, 11) is 0. The predicted octanol–water partition coefficient (Wildman–Crippen LogP) is 2.21. The minimum Gasteiger partial charge on any atom is -0.461 e. The van der Waals surface area contributed by atoms with Crippen LogP contribution in [0.2, 0.25) is 0 Å². The molecule has 0 aromatic rings. The Labute approximate surface area is 108 Å². The Hall–Kier alpha value is -1.09. The van der Waals surface area contributed by atoms with Crippen molar-refractivity contribution in [1.29, 1.82) is 0 Å². The van der Waals surface area contributed by atoms with Crippen molar-refractivity contribution in [2.24, 2.45) is 17.8 Å². The number of rotatable bonds is 0. The van der Waals surface area contributed by atoms with E-state index >= 15 is 0 Å². The van der Waals surface area contributed by atoms with Crippen molar-refractivity contribution in [1.82, 2.24) is 0 Å². The summed E-state index contributed by atoms with van der Waals surface area (Å²) >= 11 is 0. The minimum atomic E-state index is -0.895. The molecule has 3 aliphatic rings. The standard InChI is InChI=1S/C15H20O3/c1-8-4-5-11-9(2)14(16)18-13(11)12-10(8)6-7-15(12,3)17/h6-7,9,11-13,17H,4-5H2,1-3H3/t9-,11-,12-,13-,15+/m0/s1. The number of hydrogen-bond donors (Lipinski definition) is 1. The van der Waals surface area contributed by atoms with Gasteiger partial charge in [-0.1, -0.05) is 24.6 Å². The molecule has 0 aromatic heterocycles. The lowest BCUT2D eigenvalue weighted by Gasteiger charge is -2.32. The number of aliphatic hydroxyl groups is 1. The minimum absolute atomic E-state index is 0.0430. The fraction of sp³-hybridized carbons (Fsp3) is 0.667. The molecule has 0 bridgehead atoms. The predicted molar refractivity (Wildman–Crippen MR) is 67.7 cm³/mol. The lowest BCUT2D eigenvalue weighted by atomic mass is 9.77. The van der Waals surface area contributed by atoms with Crippen molar-refractivity contribution in [2.75, 3.05) is 0 Å². The molecule has 3 rings (SSSR count). The zero-order valence-corrected chi connectivity index (χ0v) is 11.1. The van der Waals surface area contributed by atoms with Gasteiger partial charge in [-0.05, 0) is 32.3 Å². The van der Waals surface area contributed by atoms with Crippen LogP contribution in [-0.2, 0) is 9.53 Å². The monoisotopic (exact) mass is 248 g/mol. The fourth-order valence-electron chi connectivity index (χ4n) is 3.74. The van der Waals surface area contributed by atoms with Gasteiger partial charge in [-0.2, -0.15) is 0 Å². The number of esters is 1. The average molecular weight is 248 g/mol. The summed E-state index contributed by atoms with van der Waals surface area (Å²) in [5, 5.41) is 10.5. The van der Waals surface area contributed by atoms with Gasteiger partial charge < -0.3 is 9.84 Å². The van der Waals surface area contributed by atoms with Crippen LogP contribution in [0.3, 0.4) is 0 Å². The molecule has 3 heteroatoms. The summed E-state index contributed by atoms with van der Waals surface area (Å²) in [6.07, 6.45) is 5.67. The lowest BCUT2D eigenvalue weighted by molar-refractivity contribution is -0.147. The first-order chi connectivity index (χ1) is 8.42. The van der Waals surface area contributed by atoms with E-state index in [0.29, 0.717) is 0 Å². The van der Waals surface area contributed by atoms with Gasteiger partial charge in [0.25, 0.3) is 0 Å². The van der Waals surface area contributed by atoms with Gasteiger partial charge in [0.1, 0.15) is 6.10 Å². The van der Waals surface area contributed by atoms with Crippen LogP contribution in [0.25, 0.3) is 0 Å². The molecule has 0 radical (unpaired) electrons. The van der Waals surface area contributed by atoms with Crippen LogP contribution in [0.1, 0.15) is 33.6 Å². The molecule has 18 heavy (non-hydrogen) atoms. The fourth-order valence-corrected chi connectivity index (χ4v) is 3.74. The Kier molecular flexibility index (Phi) is 2.46. The number of carbonyl (C=O) groups excluding carboxylic acids is 1. The van der Waals surface area contributed by atoms with Gasteiger partial charge in [0, 0.05) is 5.92 Å². The first-order valence-corrected chi connectivity index (χ1v) is 6.73. The normalized spacial score (nSPS) is 46.8. The van der Waals surface area contributed by atoms with Gasteiger partial charge in [-0.15, -0.1) is 0 Å². The highest BCUT2D eigenvalue weighted by Crippen LogP contribution is 2.49. The van der Waals surface area contributed by atoms with Crippen molar-refractivity contribution in [3.05, 3.63) is 23.3 Å². The van der Waals surface area contributed by atoms with Gasteiger partial charge >= 0.3 is 5.97 Å². The second kappa shape index (κ2) is 3.70. The highest BCUT2D eigenvalue weighted by Gasteiger charge is 2.53. The summed E-state index contributed by atoms with van der Waals surface area (Å²) in [5.74, 6) is 0.00498. The molecule has 0 spiro atoms. The topological polar surface area (TPSA) is 46.5 Å². The molecule has 0 amide bonds. The van der Waals surface area contributed by atoms with Crippen LogP contribution in [0.5, 0.6) is 0 Å². The third kappa shape index (κ3) is 1.50. The smallest absolute Gasteiger partial charge is 0.309 e. The molecule has 0 saturated carbocycles. The SMILES string of the molecule is CC1=C2C=C[C@@](C)(O)[C@@H]2[C@H]2OC(=O)[C@@H](C)[C@@H]2CC1. The molecule has 3 nitrogen and oxygen atoms in total. The van der Waals surface area contributed by atoms with Crippen molar-refractivity contribution in [3.8, 4) is 0 Å². The van der Waals surface area contributed by atoms with E-state index in [1.165, 1.54) is 11.1 Å². The van der Waals surface area contributed by atoms with Gasteiger partial charge in [0.15, 0.2) is 0 Å². The quantitative estimate of drug-likeness (QED) is 0.669. The molecule has 0 aromatic carbocycles. The highest BCUT2D eigenvalue weighted by atomic mass is 16.6. The summed E-state index contributed by atoms with van der Waals surface area (Å²) in [5.41, 5.74) is 1.61. The molecule has 1 saturated heterocycles. The number of allylic oxidation sites excluding steroid dienone is 2. The molecule has 2 aliphatic carbocycles. The molecular formula is C15H20O3. The Morgan fingerprint density at radius 2 is 2.22 bits per heavy atom. The molecule has 1 N–H and O–H groups in total. The van der Waals surface area contributed by atoms with Crippen LogP contribution in [0.15, 0.2) is 23.3 Å². The summed E-state index contributed by atoms with van der Waals surface area (Å²) in [6, 6.07) is 0. The number of hydrogen-bond acceptors (Lipinski definition) is 3. The number of carbonyl (C=O) groups is 1. The van der Waals surface area contributed by atoms with E-state index in [9.17, 15) is 9.90 Å². The third-order valence-electron chi connectivity index (χ3n) is 4.93. The van der Waals surface area contributed by atoms with E-state index < -0.39 is 5.60 Å². The maximum absolute atomic E-state index is 11.8. The molecule has 1 heterocycles. The highest BCUT2D eigenvalue weighted by molar-refractivity contribution is 5.75. The van der Waals surface area contributed by atoms with Crippen molar-refractivity contribution in [3.63, 3.8) is 0 Å². The van der Waals surface area contributed by atoms with Gasteiger partial charge in [0.05, 0.1) is 17.4 Å². The van der Waals surface area contributed by atoms with E-state index in [1.807, 2.05) is 26.0 Å². The Bertz CT molecular complexity index is 458. The van der Waals surface area contributed by atoms with Crippen LogP contribution >= 0.6 is 0 Å². The number of fused-ring (bicyclic) bond motifs is 3. The van der Waals surface area contributed by atoms with Crippen molar-refractivity contribution < 1.29 is 14.6 Å². The van der Waals surface area contributed by atoms with E-state index in [0.717, 1.165) is 12.8 Å². The maximum atomic E-state index is 11.8. The zero-order chi connectivity index (χ0) is 13.1. The summed E-state index contributed by atoms with van der Waals surface area (Å²) in [6.45, 7) is 5.89. The largest absolute Gasteiger partial charge is 0.461 e. The van der Waals surface area contributed by atoms with Gasteiger partial charge in [0.2, 0.25) is 0 Å². The molecule has 0 unspecified atom stereocenters. The third-order valence-corrected chi connectivity index (χ3v) is 4.93. The van der Waals surface area contributed by atoms with Crippen LogP contribution in [0, 0.1) is 17.8 Å². The van der Waals surface area contributed by atoms with E-state index in [4.69, 9.17) is 4.74 Å². The van der Waals surface area contributed by atoms with Crippen LogP contribution < -0.4 is 0 Å². The van der Waals surface area contributed by atoms with Gasteiger partial charge in [-0.25, -0.2) is 0 Å². The van der Waals surface area contributed by atoms with Crippen LogP contribution in [0.4, 0.5) is 0 Å². The Morgan fingerprint density at radius 3 is 2.94 bits per heavy atom. The Balaban J connectivity index is 2.05. The maximum Gasteiger partial charge on any atom is 0.309 e. The lowest BCUT2D eigenvalue weighted by Crippen LogP contribution is -2.40. The number of ether oxygens (including phenoxy) is 1. The second-order valence-electron chi connectivity index (χ2n) is 6.17. The van der Waals surface area contributed by atoms with E-state index in [2.05, 4.69) is 6.92 Å². The van der Waals surface area contributed by atoms with E-state index in [-0.39, 0.29) is 29.8 Å². The van der Waals surface area contributed by atoms with Crippen molar-refractivity contribution >= 4 is 5.97 Å².